The maximum Gasteiger partial charge on any atom is 0.289 e. The average Bonchev–Trinajstić information content (AvgIpc) is 2.59. The molecule has 0 aliphatic carbocycles. The van der Waals surface area contributed by atoms with Gasteiger partial charge in [0.15, 0.2) is 0 Å². The first kappa shape index (κ1) is 15.1. The zero-order valence-corrected chi connectivity index (χ0v) is 11.6. The highest BCUT2D eigenvalue weighted by atomic mass is 16.2. The van der Waals surface area contributed by atoms with Crippen LogP contribution in [-0.2, 0) is 11.2 Å². The average molecular weight is 295 g/mol. The maximum absolute atomic E-state index is 11.7. The normalized spacial score (nSPS) is 9.59. The number of nitrogens with zero attached hydrogens (tertiary/aromatic N) is 3. The lowest BCUT2D eigenvalue weighted by atomic mass is 10.1. The van der Waals surface area contributed by atoms with Crippen LogP contribution in [0.25, 0.3) is 0 Å². The summed E-state index contributed by atoms with van der Waals surface area (Å²) in [6, 6.07) is 9.02. The van der Waals surface area contributed by atoms with Crippen LogP contribution < -0.4 is 10.9 Å². The number of aryl methyl sites for hydroxylation is 1. The number of nitrogens with one attached hydrogen (secondary N) is 2. The number of benzene rings is 1. The van der Waals surface area contributed by atoms with Crippen molar-refractivity contribution in [1.29, 1.82) is 5.26 Å². The van der Waals surface area contributed by atoms with E-state index in [9.17, 15) is 9.59 Å². The summed E-state index contributed by atoms with van der Waals surface area (Å²) in [7, 11) is 0. The number of nitriles is 1. The molecule has 1 aromatic heterocycles. The van der Waals surface area contributed by atoms with Crippen LogP contribution >= 0.6 is 0 Å². The van der Waals surface area contributed by atoms with Gasteiger partial charge < -0.3 is 0 Å². The zero-order chi connectivity index (χ0) is 15.8. The second-order valence-corrected chi connectivity index (χ2v) is 4.40. The van der Waals surface area contributed by atoms with E-state index in [-0.39, 0.29) is 18.0 Å². The summed E-state index contributed by atoms with van der Waals surface area (Å²) in [5.74, 6) is -0.846. The predicted molar refractivity (Wildman–Crippen MR) is 77.1 cm³/mol. The lowest BCUT2D eigenvalue weighted by Gasteiger charge is -2.06. The van der Waals surface area contributed by atoms with Crippen molar-refractivity contribution in [2.24, 2.45) is 0 Å². The first-order valence-electron chi connectivity index (χ1n) is 6.53. The molecule has 0 atom stereocenters. The molecule has 1 aromatic carbocycles. The Hall–Kier alpha value is -3.27. The van der Waals surface area contributed by atoms with E-state index in [2.05, 4.69) is 20.8 Å². The van der Waals surface area contributed by atoms with Gasteiger partial charge in [-0.25, -0.2) is 4.98 Å². The maximum atomic E-state index is 11.7. The highest BCUT2D eigenvalue weighted by Crippen LogP contribution is 2.05. The number of hydrogen-bond donors (Lipinski definition) is 2. The van der Waals surface area contributed by atoms with Gasteiger partial charge in [0.1, 0.15) is 5.69 Å². The van der Waals surface area contributed by atoms with Gasteiger partial charge in [-0.2, -0.15) is 5.26 Å². The molecule has 7 heteroatoms. The summed E-state index contributed by atoms with van der Waals surface area (Å²) in [4.78, 5) is 30.9. The minimum absolute atomic E-state index is 0.120. The predicted octanol–water partition coefficient (Wildman–Crippen LogP) is 0.742. The Morgan fingerprint density at radius 2 is 1.91 bits per heavy atom. The largest absolute Gasteiger partial charge is 0.289 e. The molecule has 2 amide bonds. The zero-order valence-electron chi connectivity index (χ0n) is 11.6. The number of aromatic nitrogens is 2. The van der Waals surface area contributed by atoms with Crippen molar-refractivity contribution in [3.63, 3.8) is 0 Å². The summed E-state index contributed by atoms with van der Waals surface area (Å²) in [6.45, 7) is 0. The quantitative estimate of drug-likeness (QED) is 0.809. The van der Waals surface area contributed by atoms with E-state index in [4.69, 9.17) is 5.26 Å². The molecule has 7 nitrogen and oxygen atoms in total. The molecule has 110 valence electrons. The van der Waals surface area contributed by atoms with E-state index in [0.29, 0.717) is 12.0 Å². The number of hydrogen-bond acceptors (Lipinski definition) is 5. The van der Waals surface area contributed by atoms with E-state index in [1.54, 1.807) is 24.3 Å². The Kier molecular flexibility index (Phi) is 5.15. The summed E-state index contributed by atoms with van der Waals surface area (Å²) in [6.07, 6.45) is 4.87. The Morgan fingerprint density at radius 3 is 2.55 bits per heavy atom. The molecule has 2 N–H and O–H groups in total. The SMILES string of the molecule is N#Cc1ccc(CCC(=O)NNC(=O)c2cnccn2)cc1. The summed E-state index contributed by atoms with van der Waals surface area (Å²) in [5, 5.41) is 8.70. The van der Waals surface area contributed by atoms with Crippen LogP contribution in [0.1, 0.15) is 28.0 Å². The van der Waals surface area contributed by atoms with Crippen LogP contribution in [0, 0.1) is 11.3 Å². The van der Waals surface area contributed by atoms with Gasteiger partial charge in [0, 0.05) is 18.8 Å². The lowest BCUT2D eigenvalue weighted by molar-refractivity contribution is -0.121. The second kappa shape index (κ2) is 7.50. The van der Waals surface area contributed by atoms with Crippen LogP contribution in [0.3, 0.4) is 0 Å². The third-order valence-electron chi connectivity index (χ3n) is 2.84. The van der Waals surface area contributed by atoms with E-state index in [1.165, 1.54) is 18.6 Å². The summed E-state index contributed by atoms with van der Waals surface area (Å²) < 4.78 is 0. The Morgan fingerprint density at radius 1 is 1.14 bits per heavy atom. The number of carbonyl (C=O) groups excluding carboxylic acids is 2. The van der Waals surface area contributed by atoms with Crippen molar-refractivity contribution in [3.05, 3.63) is 59.7 Å². The minimum Gasteiger partial charge on any atom is -0.273 e. The van der Waals surface area contributed by atoms with Gasteiger partial charge in [-0.15, -0.1) is 0 Å². The van der Waals surface area contributed by atoms with Gasteiger partial charge in [-0.3, -0.25) is 25.4 Å². The first-order chi connectivity index (χ1) is 10.7. The Balaban J connectivity index is 1.76. The fourth-order valence-electron chi connectivity index (χ4n) is 1.67. The van der Waals surface area contributed by atoms with Crippen molar-refractivity contribution in [2.45, 2.75) is 12.8 Å². The van der Waals surface area contributed by atoms with Crippen molar-refractivity contribution >= 4 is 11.8 Å². The molecule has 0 spiro atoms. The van der Waals surface area contributed by atoms with Crippen molar-refractivity contribution in [3.8, 4) is 6.07 Å². The van der Waals surface area contributed by atoms with Crippen LogP contribution in [-0.4, -0.2) is 21.8 Å². The van der Waals surface area contributed by atoms with Gasteiger partial charge >= 0.3 is 0 Å². The highest BCUT2D eigenvalue weighted by Gasteiger charge is 2.08. The molecule has 0 fully saturated rings. The van der Waals surface area contributed by atoms with Gasteiger partial charge in [0.2, 0.25) is 5.91 Å². The molecule has 0 aliphatic heterocycles. The smallest absolute Gasteiger partial charge is 0.273 e. The first-order valence-corrected chi connectivity index (χ1v) is 6.53. The summed E-state index contributed by atoms with van der Waals surface area (Å²) in [5.41, 5.74) is 6.22. The molecule has 0 saturated heterocycles. The van der Waals surface area contributed by atoms with Crippen molar-refractivity contribution in [2.75, 3.05) is 0 Å². The van der Waals surface area contributed by atoms with E-state index < -0.39 is 5.91 Å². The molecule has 0 unspecified atom stereocenters. The molecule has 0 aliphatic rings. The lowest BCUT2D eigenvalue weighted by Crippen LogP contribution is -2.42. The van der Waals surface area contributed by atoms with Crippen molar-refractivity contribution in [1.82, 2.24) is 20.8 Å². The third kappa shape index (κ3) is 4.38. The van der Waals surface area contributed by atoms with Crippen LogP contribution in [0.5, 0.6) is 0 Å². The molecule has 2 rings (SSSR count). The molecule has 1 heterocycles. The van der Waals surface area contributed by atoms with Crippen molar-refractivity contribution < 1.29 is 9.59 Å². The monoisotopic (exact) mass is 295 g/mol. The van der Waals surface area contributed by atoms with Gasteiger partial charge in [-0.05, 0) is 24.1 Å². The Bertz CT molecular complexity index is 692. The van der Waals surface area contributed by atoms with Crippen LogP contribution in [0.15, 0.2) is 42.9 Å². The number of hydrazine groups is 1. The highest BCUT2D eigenvalue weighted by molar-refractivity contribution is 5.93. The standard InChI is InChI=1S/C15H13N5O2/c16-9-12-3-1-11(2-4-12)5-6-14(21)19-20-15(22)13-10-17-7-8-18-13/h1-4,7-8,10H,5-6H2,(H,19,21)(H,20,22). The van der Waals surface area contributed by atoms with E-state index in [1.807, 2.05) is 6.07 Å². The third-order valence-corrected chi connectivity index (χ3v) is 2.84. The van der Waals surface area contributed by atoms with Crippen LogP contribution in [0.4, 0.5) is 0 Å². The minimum atomic E-state index is -0.528. The topological polar surface area (TPSA) is 108 Å². The molecule has 22 heavy (non-hydrogen) atoms. The number of amides is 2. The van der Waals surface area contributed by atoms with Gasteiger partial charge in [0.05, 0.1) is 17.8 Å². The number of carbonyl (C=O) groups is 2. The molecule has 2 aromatic rings. The summed E-state index contributed by atoms with van der Waals surface area (Å²) >= 11 is 0. The fraction of sp³-hybridized carbons (Fsp3) is 0.133. The molecule has 0 radical (unpaired) electrons. The van der Waals surface area contributed by atoms with Crippen LogP contribution in [0.2, 0.25) is 0 Å². The fourth-order valence-corrected chi connectivity index (χ4v) is 1.67. The van der Waals surface area contributed by atoms with Gasteiger partial charge in [-0.1, -0.05) is 12.1 Å². The second-order valence-electron chi connectivity index (χ2n) is 4.40. The molecular formula is C15H13N5O2. The van der Waals surface area contributed by atoms with E-state index in [0.717, 1.165) is 5.56 Å². The van der Waals surface area contributed by atoms with E-state index >= 15 is 0 Å². The molecule has 0 bridgehead atoms. The molecule has 0 saturated carbocycles. The molecular weight excluding hydrogens is 282 g/mol. The Labute approximate surface area is 127 Å². The number of rotatable bonds is 4. The van der Waals surface area contributed by atoms with Gasteiger partial charge in [0.25, 0.3) is 5.91 Å².